The molecule has 2 aliphatic heterocycles. The number of anilines is 1. The van der Waals surface area contributed by atoms with Gasteiger partial charge in [0.1, 0.15) is 23.0 Å². The molecule has 0 aliphatic carbocycles. The van der Waals surface area contributed by atoms with Crippen molar-refractivity contribution in [3.05, 3.63) is 148 Å². The maximum atomic E-state index is 13.3. The predicted octanol–water partition coefficient (Wildman–Crippen LogP) is 9.88. The van der Waals surface area contributed by atoms with Crippen LogP contribution in [0.1, 0.15) is 106 Å². The summed E-state index contributed by atoms with van der Waals surface area (Å²) in [6.45, 7) is 12.1. The maximum Gasteiger partial charge on any atom is 0.266 e. The van der Waals surface area contributed by atoms with Gasteiger partial charge in [-0.15, -0.1) is 0 Å². The molecule has 8 heteroatoms. The number of rotatable bonds is 10. The molecule has 0 fully saturated rings. The van der Waals surface area contributed by atoms with E-state index in [1.807, 2.05) is 94.4 Å². The lowest BCUT2D eigenvalue weighted by Crippen LogP contribution is -2.48. The van der Waals surface area contributed by atoms with E-state index in [4.69, 9.17) is 9.47 Å². The highest BCUT2D eigenvalue weighted by Gasteiger charge is 2.45. The minimum atomic E-state index is -0.540. The van der Waals surface area contributed by atoms with Crippen LogP contribution >= 0.6 is 0 Å². The third kappa shape index (κ3) is 5.84. The third-order valence-corrected chi connectivity index (χ3v) is 10.7. The van der Waals surface area contributed by atoms with Gasteiger partial charge in [-0.2, -0.15) is 0 Å². The van der Waals surface area contributed by atoms with Gasteiger partial charge in [-0.3, -0.25) is 24.1 Å². The summed E-state index contributed by atoms with van der Waals surface area (Å²) in [6, 6.07) is 32.9. The lowest BCUT2D eigenvalue weighted by Gasteiger charge is -2.35. The molecular weight excluding hydrogens is 652 g/mol. The van der Waals surface area contributed by atoms with Crippen LogP contribution < -0.4 is 14.4 Å². The van der Waals surface area contributed by atoms with Crippen LogP contribution in [0.5, 0.6) is 23.0 Å². The second-order valence-electron chi connectivity index (χ2n) is 14.2. The van der Waals surface area contributed by atoms with Gasteiger partial charge in [-0.1, -0.05) is 64.1 Å². The molecule has 0 saturated heterocycles. The number of imide groups is 2. The zero-order chi connectivity index (χ0) is 36.9. The lowest BCUT2D eigenvalue weighted by atomic mass is 9.78. The molecule has 5 aromatic carbocycles. The quantitative estimate of drug-likeness (QED) is 0.135. The van der Waals surface area contributed by atoms with Crippen LogP contribution in [0.2, 0.25) is 0 Å². The van der Waals surface area contributed by atoms with Crippen molar-refractivity contribution >= 4 is 29.3 Å². The van der Waals surface area contributed by atoms with E-state index in [1.54, 1.807) is 42.5 Å². The maximum absolute atomic E-state index is 13.3. The van der Waals surface area contributed by atoms with Crippen LogP contribution in [0.15, 0.2) is 109 Å². The van der Waals surface area contributed by atoms with E-state index in [0.29, 0.717) is 63.8 Å². The van der Waals surface area contributed by atoms with Crippen molar-refractivity contribution in [1.82, 2.24) is 4.90 Å². The summed E-state index contributed by atoms with van der Waals surface area (Å²) < 4.78 is 12.3. The van der Waals surface area contributed by atoms with Gasteiger partial charge in [0.05, 0.1) is 27.9 Å². The number of amides is 4. The van der Waals surface area contributed by atoms with Crippen molar-refractivity contribution in [2.75, 3.05) is 4.90 Å². The highest BCUT2D eigenvalue weighted by molar-refractivity contribution is 6.34. The Hall–Kier alpha value is -6.02. The van der Waals surface area contributed by atoms with E-state index in [-0.39, 0.29) is 29.0 Å². The fourth-order valence-electron chi connectivity index (χ4n) is 6.94. The zero-order valence-corrected chi connectivity index (χ0v) is 30.2. The Labute approximate surface area is 303 Å². The van der Waals surface area contributed by atoms with Crippen molar-refractivity contribution in [2.24, 2.45) is 0 Å². The fraction of sp³-hybridized carbons (Fsp3) is 0.227. The number of nitrogens with zero attached hydrogens (tertiary/aromatic N) is 2. The first-order valence-corrected chi connectivity index (χ1v) is 17.5. The number of aryl methyl sites for hydroxylation is 1. The predicted molar refractivity (Wildman–Crippen MR) is 200 cm³/mol. The van der Waals surface area contributed by atoms with E-state index >= 15 is 0 Å². The fourth-order valence-corrected chi connectivity index (χ4v) is 6.94. The van der Waals surface area contributed by atoms with Crippen molar-refractivity contribution in [3.63, 3.8) is 0 Å². The molecule has 2 aliphatic rings. The van der Waals surface area contributed by atoms with Crippen LogP contribution in [-0.4, -0.2) is 34.1 Å². The largest absolute Gasteiger partial charge is 0.457 e. The molecule has 4 amide bonds. The number of carbonyl (C=O) groups excluding carboxylic acids is 4. The van der Waals surface area contributed by atoms with Crippen molar-refractivity contribution in [2.45, 2.75) is 65.3 Å². The van der Waals surface area contributed by atoms with Gasteiger partial charge in [0.15, 0.2) is 0 Å². The van der Waals surface area contributed by atoms with Crippen molar-refractivity contribution in [3.8, 4) is 23.0 Å². The second kappa shape index (κ2) is 12.9. The first kappa shape index (κ1) is 34.4. The summed E-state index contributed by atoms with van der Waals surface area (Å²) in [5, 5.41) is 0. The summed E-state index contributed by atoms with van der Waals surface area (Å²) in [4.78, 5) is 55.4. The number of benzene rings is 5. The molecule has 0 atom stereocenters. The smallest absolute Gasteiger partial charge is 0.266 e. The van der Waals surface area contributed by atoms with Gasteiger partial charge in [0.25, 0.3) is 23.6 Å². The minimum absolute atomic E-state index is 0.257. The molecule has 5 aromatic rings. The summed E-state index contributed by atoms with van der Waals surface area (Å²) in [5.74, 6) is 0.900. The second-order valence-corrected chi connectivity index (χ2v) is 14.2. The zero-order valence-electron chi connectivity index (χ0n) is 30.2. The van der Waals surface area contributed by atoms with E-state index in [0.717, 1.165) is 16.7 Å². The van der Waals surface area contributed by atoms with Crippen LogP contribution in [0.3, 0.4) is 0 Å². The molecule has 0 unspecified atom stereocenters. The van der Waals surface area contributed by atoms with Gasteiger partial charge in [0.2, 0.25) is 0 Å². The van der Waals surface area contributed by atoms with Gasteiger partial charge in [0, 0.05) is 11.0 Å². The molecule has 0 N–H and O–H groups in total. The molecule has 0 spiro atoms. The van der Waals surface area contributed by atoms with E-state index in [1.165, 1.54) is 9.80 Å². The molecule has 8 nitrogen and oxygen atoms in total. The number of ether oxygens (including phenoxy) is 2. The molecule has 262 valence electrons. The van der Waals surface area contributed by atoms with Crippen molar-refractivity contribution in [1.29, 1.82) is 0 Å². The Morgan fingerprint density at radius 1 is 0.519 bits per heavy atom. The summed E-state index contributed by atoms with van der Waals surface area (Å²) in [6.07, 6.45) is 1.35. The first-order chi connectivity index (χ1) is 24.8. The van der Waals surface area contributed by atoms with E-state index in [9.17, 15) is 19.2 Å². The standard InChI is InChI=1S/C44H40N2O6/c1-7-44(6,8-2)46-41(49)36-23-21-34(26-38(36)42(46)50)52-32-18-14-29(15-19-32)43(4,5)28-12-16-31(17-13-28)51-33-20-22-35-37(25-33)40(48)45(39(35)47)30-11-9-10-27(3)24-30/h9-26H,7-8H2,1-6H3. The van der Waals surface area contributed by atoms with Crippen LogP contribution in [0.4, 0.5) is 5.69 Å². The highest BCUT2D eigenvalue weighted by Crippen LogP contribution is 2.38. The molecule has 0 saturated carbocycles. The Bertz CT molecular complexity index is 2250. The summed E-state index contributed by atoms with van der Waals surface area (Å²) in [5.41, 5.74) is 4.17. The molecule has 0 aromatic heterocycles. The Morgan fingerprint density at radius 3 is 1.46 bits per heavy atom. The summed E-state index contributed by atoms with van der Waals surface area (Å²) in [7, 11) is 0. The van der Waals surface area contributed by atoms with Crippen LogP contribution in [-0.2, 0) is 5.41 Å². The molecule has 7 rings (SSSR count). The number of carbonyl (C=O) groups is 4. The SMILES string of the molecule is CCC(C)(CC)N1C(=O)c2ccc(Oc3ccc(C(C)(C)c4ccc(Oc5ccc6c(c5)C(=O)N(c5cccc(C)c5)C6=O)cc4)cc3)cc2C1=O. The van der Waals surface area contributed by atoms with Crippen LogP contribution in [0.25, 0.3) is 0 Å². The van der Waals surface area contributed by atoms with Gasteiger partial charge in [-0.05, 0) is 116 Å². The van der Waals surface area contributed by atoms with Gasteiger partial charge in [-0.25, -0.2) is 4.90 Å². The third-order valence-electron chi connectivity index (χ3n) is 10.7. The van der Waals surface area contributed by atoms with E-state index in [2.05, 4.69) is 13.8 Å². The monoisotopic (exact) mass is 692 g/mol. The van der Waals surface area contributed by atoms with E-state index < -0.39 is 5.54 Å². The molecule has 2 heterocycles. The number of hydrogen-bond donors (Lipinski definition) is 0. The Kier molecular flexibility index (Phi) is 8.57. The average molecular weight is 693 g/mol. The first-order valence-electron chi connectivity index (χ1n) is 17.5. The lowest BCUT2D eigenvalue weighted by molar-refractivity contribution is 0.0434. The summed E-state index contributed by atoms with van der Waals surface area (Å²) >= 11 is 0. The highest BCUT2D eigenvalue weighted by atomic mass is 16.5. The molecule has 0 bridgehead atoms. The number of hydrogen-bond acceptors (Lipinski definition) is 6. The van der Waals surface area contributed by atoms with Gasteiger partial charge >= 0.3 is 0 Å². The average Bonchev–Trinajstić information content (AvgIpc) is 3.55. The minimum Gasteiger partial charge on any atom is -0.457 e. The Balaban J connectivity index is 1.02. The van der Waals surface area contributed by atoms with Gasteiger partial charge < -0.3 is 9.47 Å². The number of fused-ring (bicyclic) bond motifs is 2. The molecular formula is C44H40N2O6. The normalized spacial score (nSPS) is 14.2. The Morgan fingerprint density at radius 2 is 0.962 bits per heavy atom. The molecule has 0 radical (unpaired) electrons. The molecule has 52 heavy (non-hydrogen) atoms. The van der Waals surface area contributed by atoms with Crippen molar-refractivity contribution < 1.29 is 28.7 Å². The van der Waals surface area contributed by atoms with Crippen LogP contribution in [0, 0.1) is 6.92 Å². The topological polar surface area (TPSA) is 93.2 Å².